The number of sulfonamides is 1. The number of pyridine rings is 1. The van der Waals surface area contributed by atoms with Gasteiger partial charge in [-0.05, 0) is 36.1 Å². The van der Waals surface area contributed by atoms with E-state index in [9.17, 15) is 18.2 Å². The van der Waals surface area contributed by atoms with Crippen molar-refractivity contribution in [2.75, 3.05) is 22.3 Å². The van der Waals surface area contributed by atoms with Gasteiger partial charge in [-0.2, -0.15) is 8.42 Å². The number of hydrogen-bond donors (Lipinski definition) is 5. The van der Waals surface area contributed by atoms with E-state index in [4.69, 9.17) is 10.4 Å². The van der Waals surface area contributed by atoms with Crippen LogP contribution in [0, 0.1) is 0 Å². The number of anilines is 3. The van der Waals surface area contributed by atoms with Gasteiger partial charge in [-0.3, -0.25) is 4.72 Å². The average Bonchev–Trinajstić information content (AvgIpc) is 2.95. The molecule has 1 aliphatic rings. The number of nitrogen functional groups attached to an aromatic ring is 1. The second kappa shape index (κ2) is 7.43. The molecule has 6 N–H and O–H groups in total. The Balaban J connectivity index is 1.91. The van der Waals surface area contributed by atoms with Crippen LogP contribution in [-0.2, 0) is 21.3 Å². The van der Waals surface area contributed by atoms with Gasteiger partial charge >= 0.3 is 13.1 Å². The summed E-state index contributed by atoms with van der Waals surface area (Å²) in [4.78, 5) is 15.6. The lowest BCUT2D eigenvalue weighted by molar-refractivity contribution is 0.252. The van der Waals surface area contributed by atoms with Gasteiger partial charge in [-0.1, -0.05) is 6.07 Å². The normalized spacial score (nSPS) is 13.2. The van der Waals surface area contributed by atoms with E-state index < -0.39 is 23.2 Å². The maximum Gasteiger partial charge on any atom is 0.491 e. The molecule has 3 rings (SSSR count). The first-order valence-electron chi connectivity index (χ1n) is 8.06. The van der Waals surface area contributed by atoms with E-state index in [0.29, 0.717) is 12.0 Å². The van der Waals surface area contributed by atoms with Crippen LogP contribution in [0.2, 0.25) is 0 Å². The van der Waals surface area contributed by atoms with Gasteiger partial charge < -0.3 is 26.0 Å². The maximum atomic E-state index is 12.8. The Morgan fingerprint density at radius 2 is 2.19 bits per heavy atom. The number of urea groups is 1. The fourth-order valence-electron chi connectivity index (χ4n) is 2.58. The van der Waals surface area contributed by atoms with Crippen molar-refractivity contribution >= 4 is 45.7 Å². The molecule has 1 aliphatic heterocycles. The molecule has 0 saturated carbocycles. The van der Waals surface area contributed by atoms with Crippen LogP contribution in [0.3, 0.4) is 0 Å². The van der Waals surface area contributed by atoms with Crippen molar-refractivity contribution in [1.82, 2.24) is 10.3 Å². The highest BCUT2D eigenvalue weighted by Crippen LogP contribution is 2.24. The molecule has 0 saturated heterocycles. The highest BCUT2D eigenvalue weighted by atomic mass is 32.2. The van der Waals surface area contributed by atoms with Crippen molar-refractivity contribution in [2.45, 2.75) is 18.6 Å². The van der Waals surface area contributed by atoms with Gasteiger partial charge in [-0.15, -0.1) is 0 Å². The van der Waals surface area contributed by atoms with Gasteiger partial charge in [0, 0.05) is 12.2 Å². The fraction of sp³-hybridized carbons (Fsp3) is 0.200. The lowest BCUT2D eigenvalue weighted by atomic mass is 9.79. The monoisotopic (exact) mass is 391 g/mol. The van der Waals surface area contributed by atoms with E-state index in [0.717, 1.165) is 5.56 Å². The number of nitrogens with one attached hydrogen (secondary N) is 3. The third-order valence-corrected chi connectivity index (χ3v) is 5.11. The number of benzene rings is 1. The summed E-state index contributed by atoms with van der Waals surface area (Å²) in [5, 5.41) is 14.3. The highest BCUT2D eigenvalue weighted by molar-refractivity contribution is 7.92. The van der Waals surface area contributed by atoms with E-state index in [1.165, 1.54) is 18.3 Å². The van der Waals surface area contributed by atoms with E-state index in [1.54, 1.807) is 19.1 Å². The number of nitrogens with zero attached hydrogens (tertiary/aromatic N) is 1. The first kappa shape index (κ1) is 19.0. The zero-order chi connectivity index (χ0) is 19.6. The summed E-state index contributed by atoms with van der Waals surface area (Å²) in [6.07, 6.45) is 1.18. The molecule has 0 bridgehead atoms. The SMILES string of the molecule is CCNC(=O)Nc1cc(N)cnc1S(=O)(=O)Nc1ccc2c(c1)B(O)OC2. The number of carbonyl (C=O) groups is 1. The molecule has 2 heterocycles. The summed E-state index contributed by atoms with van der Waals surface area (Å²) >= 11 is 0. The summed E-state index contributed by atoms with van der Waals surface area (Å²) in [6.45, 7) is 2.34. The molecule has 27 heavy (non-hydrogen) atoms. The van der Waals surface area contributed by atoms with Crippen LogP contribution in [0.25, 0.3) is 0 Å². The smallest absolute Gasteiger partial charge is 0.423 e. The van der Waals surface area contributed by atoms with E-state index in [1.807, 2.05) is 0 Å². The van der Waals surface area contributed by atoms with Crippen LogP contribution in [0.1, 0.15) is 12.5 Å². The maximum absolute atomic E-state index is 12.8. The number of hydrogen-bond acceptors (Lipinski definition) is 7. The largest absolute Gasteiger partial charge is 0.491 e. The molecule has 12 heteroatoms. The van der Waals surface area contributed by atoms with Crippen LogP contribution in [0.15, 0.2) is 35.5 Å². The first-order chi connectivity index (χ1) is 12.8. The quantitative estimate of drug-likeness (QED) is 0.443. The third-order valence-electron chi connectivity index (χ3n) is 3.77. The van der Waals surface area contributed by atoms with Crippen molar-refractivity contribution in [3.63, 3.8) is 0 Å². The summed E-state index contributed by atoms with van der Waals surface area (Å²) in [7, 11) is -5.24. The molecule has 2 amide bonds. The Bertz CT molecular complexity index is 985. The van der Waals surface area contributed by atoms with Crippen LogP contribution in [0.4, 0.5) is 21.9 Å². The first-order valence-corrected chi connectivity index (χ1v) is 9.54. The number of fused-ring (bicyclic) bond motifs is 1. The number of aromatic nitrogens is 1. The van der Waals surface area contributed by atoms with E-state index in [-0.39, 0.29) is 28.7 Å². The van der Waals surface area contributed by atoms with Crippen LogP contribution >= 0.6 is 0 Å². The molecule has 0 atom stereocenters. The summed E-state index contributed by atoms with van der Waals surface area (Å²) < 4.78 is 33.0. The molecule has 0 unspecified atom stereocenters. The minimum Gasteiger partial charge on any atom is -0.423 e. The van der Waals surface area contributed by atoms with E-state index in [2.05, 4.69) is 20.3 Å². The van der Waals surface area contributed by atoms with Gasteiger partial charge in [-0.25, -0.2) is 9.78 Å². The molecule has 0 spiro atoms. The summed E-state index contributed by atoms with van der Waals surface area (Å²) in [6, 6.07) is 5.41. The number of amides is 2. The lowest BCUT2D eigenvalue weighted by Gasteiger charge is -2.13. The molecule has 1 aromatic carbocycles. The second-order valence-electron chi connectivity index (χ2n) is 5.79. The minimum atomic E-state index is -4.14. The van der Waals surface area contributed by atoms with Gasteiger partial charge in [0.15, 0.2) is 5.03 Å². The predicted molar refractivity (Wildman–Crippen MR) is 101 cm³/mol. The van der Waals surface area contributed by atoms with Gasteiger partial charge in [0.05, 0.1) is 24.2 Å². The Morgan fingerprint density at radius 3 is 2.93 bits per heavy atom. The van der Waals surface area contributed by atoms with Gasteiger partial charge in [0.25, 0.3) is 10.0 Å². The zero-order valence-electron chi connectivity index (χ0n) is 14.4. The molecule has 0 fully saturated rings. The number of rotatable bonds is 5. The molecule has 0 radical (unpaired) electrons. The lowest BCUT2D eigenvalue weighted by Crippen LogP contribution is -2.30. The molecule has 142 valence electrons. The molecule has 10 nitrogen and oxygen atoms in total. The van der Waals surface area contributed by atoms with Gasteiger partial charge in [0.2, 0.25) is 0 Å². The van der Waals surface area contributed by atoms with Crippen molar-refractivity contribution in [3.05, 3.63) is 36.0 Å². The Hall–Kier alpha value is -2.83. The fourth-order valence-corrected chi connectivity index (χ4v) is 3.71. The summed E-state index contributed by atoms with van der Waals surface area (Å²) in [5.74, 6) is 0. The molecule has 0 aliphatic carbocycles. The van der Waals surface area contributed by atoms with Crippen LogP contribution in [0.5, 0.6) is 0 Å². The molecule has 1 aromatic heterocycles. The van der Waals surface area contributed by atoms with E-state index >= 15 is 0 Å². The van der Waals surface area contributed by atoms with Crippen molar-refractivity contribution < 1.29 is 22.9 Å². The van der Waals surface area contributed by atoms with Crippen LogP contribution in [-0.4, -0.2) is 38.1 Å². The second-order valence-corrected chi connectivity index (χ2v) is 7.39. The minimum absolute atomic E-state index is 0.0574. The summed E-state index contributed by atoms with van der Waals surface area (Å²) in [5.41, 5.74) is 7.28. The van der Waals surface area contributed by atoms with Crippen molar-refractivity contribution in [3.8, 4) is 0 Å². The number of nitrogens with two attached hydrogens (primary N) is 1. The topological polar surface area (TPSA) is 156 Å². The average molecular weight is 391 g/mol. The van der Waals surface area contributed by atoms with Crippen LogP contribution < -0.4 is 26.6 Å². The zero-order valence-corrected chi connectivity index (χ0v) is 15.2. The molecular weight excluding hydrogens is 373 g/mol. The van der Waals surface area contributed by atoms with Crippen molar-refractivity contribution in [1.29, 1.82) is 0 Å². The third kappa shape index (κ3) is 4.13. The molecular formula is C15H18BN5O5S. The number of carbonyl (C=O) groups excluding carboxylic acids is 1. The predicted octanol–water partition coefficient (Wildman–Crippen LogP) is -0.176. The highest BCUT2D eigenvalue weighted by Gasteiger charge is 2.28. The Morgan fingerprint density at radius 1 is 1.41 bits per heavy atom. The molecule has 2 aromatic rings. The van der Waals surface area contributed by atoms with Gasteiger partial charge in [0.1, 0.15) is 0 Å². The Labute approximate surface area is 156 Å². The van der Waals surface area contributed by atoms with Crippen molar-refractivity contribution in [2.24, 2.45) is 0 Å². The Kier molecular flexibility index (Phi) is 5.21. The standard InChI is InChI=1S/C15H18BN5O5S/c1-2-18-15(22)20-13-5-10(17)7-19-14(13)27(24,25)21-11-4-3-9-8-26-16(23)12(9)6-11/h3-7,21,23H,2,8,17H2,1H3,(H2,18,20,22).